The van der Waals surface area contributed by atoms with Crippen molar-refractivity contribution in [1.29, 1.82) is 0 Å². The molecule has 0 aliphatic rings. The van der Waals surface area contributed by atoms with E-state index >= 15 is 0 Å². The van der Waals surface area contributed by atoms with E-state index < -0.39 is 0 Å². The maximum Gasteiger partial charge on any atom is 0.0297 e. The smallest absolute Gasteiger partial charge is 0.0297 e. The van der Waals surface area contributed by atoms with E-state index in [4.69, 9.17) is 0 Å². The Hall–Kier alpha value is -1.70. The molecular formula is C14H22N2. The monoisotopic (exact) mass is 218 g/mol. The summed E-state index contributed by atoms with van der Waals surface area (Å²) in [6.07, 6.45) is 7.42. The molecule has 2 heterocycles. The maximum atomic E-state index is 3.98. The van der Waals surface area contributed by atoms with Crippen molar-refractivity contribution in [3.8, 4) is 0 Å². The minimum absolute atomic E-state index is 0. The van der Waals surface area contributed by atoms with Crippen LogP contribution in [0.2, 0.25) is 0 Å². The number of rotatable bonds is 0. The highest BCUT2D eigenvalue weighted by Crippen LogP contribution is 1.97. The summed E-state index contributed by atoms with van der Waals surface area (Å²) in [4.78, 5) is 7.97. The average Bonchev–Trinajstić information content (AvgIpc) is 2.17. The third-order valence-corrected chi connectivity index (χ3v) is 2.02. The molecule has 0 aromatic carbocycles. The van der Waals surface area contributed by atoms with Gasteiger partial charge in [0.1, 0.15) is 0 Å². The van der Waals surface area contributed by atoms with Crippen molar-refractivity contribution in [2.45, 2.75) is 27.7 Å². The molecule has 0 N–H and O–H groups in total. The van der Waals surface area contributed by atoms with E-state index in [0.717, 1.165) is 0 Å². The van der Waals surface area contributed by atoms with Gasteiger partial charge >= 0.3 is 0 Å². The molecule has 2 heteroatoms. The Bertz CT molecular complexity index is 381. The minimum Gasteiger partial charge on any atom is -0.264 e. The Kier molecular flexibility index (Phi) is 4.65. The van der Waals surface area contributed by atoms with Crippen LogP contribution in [0.5, 0.6) is 0 Å². The molecule has 16 heavy (non-hydrogen) atoms. The molecule has 2 rings (SSSR count). The molecule has 0 aliphatic heterocycles. The summed E-state index contributed by atoms with van der Waals surface area (Å²) < 4.78 is 0. The topological polar surface area (TPSA) is 25.8 Å². The van der Waals surface area contributed by atoms with Crippen molar-refractivity contribution in [3.63, 3.8) is 0 Å². The van der Waals surface area contributed by atoms with Crippen LogP contribution in [-0.4, -0.2) is 9.97 Å². The van der Waals surface area contributed by atoms with Crippen LogP contribution in [0.3, 0.4) is 0 Å². The highest BCUT2D eigenvalue weighted by Gasteiger charge is 1.82. The lowest BCUT2D eigenvalue weighted by atomic mass is 10.2. The van der Waals surface area contributed by atoms with Gasteiger partial charge in [-0.3, -0.25) is 9.97 Å². The fourth-order valence-corrected chi connectivity index (χ4v) is 1.41. The van der Waals surface area contributed by atoms with Crippen LogP contribution in [0.25, 0.3) is 0 Å². The summed E-state index contributed by atoms with van der Waals surface area (Å²) in [6, 6.07) is 4.21. The SMILES string of the molecule is Cc1cncc(C)c1.Cc1cncc(C)c1.[HH].[HH]. The van der Waals surface area contributed by atoms with Gasteiger partial charge in [-0.05, 0) is 49.9 Å². The zero-order chi connectivity index (χ0) is 12.0. The first kappa shape index (κ1) is 12.4. The first-order valence-electron chi connectivity index (χ1n) is 5.34. The van der Waals surface area contributed by atoms with E-state index in [-0.39, 0.29) is 2.85 Å². The van der Waals surface area contributed by atoms with Crippen LogP contribution in [-0.2, 0) is 0 Å². The van der Waals surface area contributed by atoms with Gasteiger partial charge in [-0.2, -0.15) is 0 Å². The van der Waals surface area contributed by atoms with Crippen LogP contribution in [0.1, 0.15) is 25.1 Å². The standard InChI is InChI=1S/2C7H9N.2H2/c2*1-6-3-7(2)5-8-4-6;;/h2*3-5H,1-2H3;2*1H. The highest BCUT2D eigenvalue weighted by molar-refractivity contribution is 5.14. The molecule has 2 nitrogen and oxygen atoms in total. The molecule has 2 aromatic heterocycles. The fourth-order valence-electron chi connectivity index (χ4n) is 1.41. The van der Waals surface area contributed by atoms with Crippen molar-refractivity contribution in [2.75, 3.05) is 0 Å². The zero-order valence-electron chi connectivity index (χ0n) is 10.4. The Morgan fingerprint density at radius 2 is 0.875 bits per heavy atom. The molecule has 0 saturated carbocycles. The van der Waals surface area contributed by atoms with Crippen LogP contribution in [0.15, 0.2) is 36.9 Å². The normalized spacial score (nSPS) is 9.25. The summed E-state index contributed by atoms with van der Waals surface area (Å²) in [5.41, 5.74) is 4.91. The first-order chi connectivity index (χ1) is 7.58. The molecule has 2 aromatic rings. The molecule has 0 radical (unpaired) electrons. The molecule has 0 bridgehead atoms. The van der Waals surface area contributed by atoms with E-state index in [1.807, 2.05) is 52.5 Å². The Balaban J connectivity index is 0. The molecular weight excluding hydrogens is 196 g/mol. The molecule has 0 spiro atoms. The molecule has 0 saturated heterocycles. The average molecular weight is 218 g/mol. The van der Waals surface area contributed by atoms with Gasteiger partial charge in [-0.1, -0.05) is 12.1 Å². The number of hydrogen-bond donors (Lipinski definition) is 0. The van der Waals surface area contributed by atoms with Crippen LogP contribution in [0.4, 0.5) is 0 Å². The molecule has 0 amide bonds. The number of hydrogen-bond acceptors (Lipinski definition) is 2. The van der Waals surface area contributed by atoms with Crippen molar-refractivity contribution in [3.05, 3.63) is 59.2 Å². The Morgan fingerprint density at radius 3 is 1.00 bits per heavy atom. The quantitative estimate of drug-likeness (QED) is 0.670. The molecule has 0 unspecified atom stereocenters. The minimum atomic E-state index is 0. The second kappa shape index (κ2) is 6.01. The predicted molar refractivity (Wildman–Crippen MR) is 71.7 cm³/mol. The number of aromatic nitrogens is 2. The van der Waals surface area contributed by atoms with Gasteiger partial charge in [-0.25, -0.2) is 0 Å². The van der Waals surface area contributed by atoms with Crippen molar-refractivity contribution in [2.24, 2.45) is 0 Å². The van der Waals surface area contributed by atoms with E-state index in [0.29, 0.717) is 0 Å². The van der Waals surface area contributed by atoms with E-state index in [1.165, 1.54) is 22.3 Å². The summed E-state index contributed by atoms with van der Waals surface area (Å²) in [7, 11) is 0. The summed E-state index contributed by atoms with van der Waals surface area (Å²) in [5.74, 6) is 0. The molecule has 0 fully saturated rings. The number of pyridine rings is 2. The maximum absolute atomic E-state index is 3.98. The van der Waals surface area contributed by atoms with Crippen LogP contribution in [0, 0.1) is 27.7 Å². The van der Waals surface area contributed by atoms with Gasteiger partial charge in [0.15, 0.2) is 0 Å². The van der Waals surface area contributed by atoms with Crippen molar-refractivity contribution in [1.82, 2.24) is 9.97 Å². The molecule has 0 aliphatic carbocycles. The van der Waals surface area contributed by atoms with E-state index in [2.05, 4.69) is 22.1 Å². The second-order valence-electron chi connectivity index (χ2n) is 4.08. The predicted octanol–water partition coefficient (Wildman–Crippen LogP) is 3.89. The fraction of sp³-hybridized carbons (Fsp3) is 0.286. The third-order valence-electron chi connectivity index (χ3n) is 2.02. The summed E-state index contributed by atoms with van der Waals surface area (Å²) in [5, 5.41) is 0. The van der Waals surface area contributed by atoms with Gasteiger partial charge < -0.3 is 0 Å². The van der Waals surface area contributed by atoms with Crippen LogP contribution >= 0.6 is 0 Å². The highest BCUT2D eigenvalue weighted by atomic mass is 14.6. The van der Waals surface area contributed by atoms with Crippen molar-refractivity contribution >= 4 is 0 Å². The van der Waals surface area contributed by atoms with Crippen molar-refractivity contribution < 1.29 is 2.85 Å². The molecule has 88 valence electrons. The van der Waals surface area contributed by atoms with Gasteiger partial charge in [0.25, 0.3) is 0 Å². The van der Waals surface area contributed by atoms with Gasteiger partial charge in [0, 0.05) is 27.6 Å². The van der Waals surface area contributed by atoms with Gasteiger partial charge in [-0.15, -0.1) is 0 Å². The summed E-state index contributed by atoms with van der Waals surface area (Å²) >= 11 is 0. The van der Waals surface area contributed by atoms with E-state index in [9.17, 15) is 0 Å². The Labute approximate surface area is 100 Å². The third kappa shape index (κ3) is 4.69. The number of aryl methyl sites for hydroxylation is 4. The molecule has 0 atom stereocenters. The lowest BCUT2D eigenvalue weighted by molar-refractivity contribution is 1.22. The number of nitrogens with zero attached hydrogens (tertiary/aromatic N) is 2. The lowest BCUT2D eigenvalue weighted by Gasteiger charge is -1.89. The van der Waals surface area contributed by atoms with Crippen LogP contribution < -0.4 is 0 Å². The lowest BCUT2D eigenvalue weighted by Crippen LogP contribution is -1.76. The van der Waals surface area contributed by atoms with Gasteiger partial charge in [0.2, 0.25) is 0 Å². The van der Waals surface area contributed by atoms with E-state index in [1.54, 1.807) is 0 Å². The van der Waals surface area contributed by atoms with Gasteiger partial charge in [0.05, 0.1) is 0 Å². The largest absolute Gasteiger partial charge is 0.264 e. The zero-order valence-corrected chi connectivity index (χ0v) is 10.4. The first-order valence-corrected chi connectivity index (χ1v) is 5.34. The second-order valence-corrected chi connectivity index (χ2v) is 4.08. The summed E-state index contributed by atoms with van der Waals surface area (Å²) in [6.45, 7) is 8.17. The Morgan fingerprint density at radius 1 is 0.625 bits per heavy atom.